The number of rotatable bonds is 4. The normalized spacial score (nSPS) is 25.4. The van der Waals surface area contributed by atoms with Crippen molar-refractivity contribution in [3.63, 3.8) is 0 Å². The molecule has 3 nitrogen and oxygen atoms in total. The van der Waals surface area contributed by atoms with Crippen LogP contribution in [0.4, 0.5) is 0 Å². The molecule has 3 rings (SSSR count). The molecule has 3 heteroatoms. The van der Waals surface area contributed by atoms with E-state index in [9.17, 15) is 0 Å². The first kappa shape index (κ1) is 11.2. The quantitative estimate of drug-likeness (QED) is 0.855. The van der Waals surface area contributed by atoms with Crippen molar-refractivity contribution < 1.29 is 0 Å². The number of hydrogen-bond acceptors (Lipinski definition) is 3. The molecule has 1 aromatic heterocycles. The first-order valence-electron chi connectivity index (χ1n) is 6.70. The second-order valence-electron chi connectivity index (χ2n) is 5.43. The highest BCUT2D eigenvalue weighted by Gasteiger charge is 2.29. The number of nitrogens with zero attached hydrogens (tertiary/aromatic N) is 2. The first-order valence-corrected chi connectivity index (χ1v) is 6.70. The third kappa shape index (κ3) is 3.05. The van der Waals surface area contributed by atoms with Crippen molar-refractivity contribution in [1.29, 1.82) is 0 Å². The molecule has 1 aliphatic heterocycles. The summed E-state index contributed by atoms with van der Waals surface area (Å²) >= 11 is 0. The molecule has 1 saturated carbocycles. The Hall–Kier alpha value is -0.930. The topological polar surface area (TPSA) is 28.2 Å². The van der Waals surface area contributed by atoms with Crippen LogP contribution in [0.5, 0.6) is 0 Å². The van der Waals surface area contributed by atoms with Crippen LogP contribution >= 0.6 is 0 Å². The van der Waals surface area contributed by atoms with E-state index in [2.05, 4.69) is 40.3 Å². The number of pyridine rings is 1. The van der Waals surface area contributed by atoms with Crippen LogP contribution in [0.15, 0.2) is 18.2 Å². The van der Waals surface area contributed by atoms with Crippen molar-refractivity contribution in [2.75, 3.05) is 13.1 Å². The van der Waals surface area contributed by atoms with E-state index in [0.717, 1.165) is 18.3 Å². The zero-order valence-corrected chi connectivity index (χ0v) is 10.5. The lowest BCUT2D eigenvalue weighted by Gasteiger charge is -2.16. The van der Waals surface area contributed by atoms with E-state index in [1.54, 1.807) is 0 Å². The van der Waals surface area contributed by atoms with Crippen LogP contribution in [-0.4, -0.2) is 35.1 Å². The molecule has 1 saturated heterocycles. The maximum Gasteiger partial charge on any atom is 0.0547 e. The van der Waals surface area contributed by atoms with E-state index in [4.69, 9.17) is 0 Å². The molecule has 0 amide bonds. The maximum absolute atomic E-state index is 4.57. The van der Waals surface area contributed by atoms with E-state index in [1.807, 2.05) is 0 Å². The predicted molar refractivity (Wildman–Crippen MR) is 68.8 cm³/mol. The van der Waals surface area contributed by atoms with Crippen LogP contribution in [0.1, 0.15) is 30.7 Å². The van der Waals surface area contributed by atoms with Crippen LogP contribution in [-0.2, 0) is 6.54 Å². The molecule has 1 atom stereocenters. The smallest absolute Gasteiger partial charge is 0.0547 e. The van der Waals surface area contributed by atoms with Gasteiger partial charge in [0.15, 0.2) is 0 Å². The standard InChI is InChI=1S/C14H21N3/c1-11-3-2-4-13(15-11)9-17-8-7-14(10-17)16-12-5-6-12/h2-4,12,14,16H,5-10H2,1H3. The Bertz CT molecular complexity index is 387. The average molecular weight is 231 g/mol. The minimum absolute atomic E-state index is 0.715. The van der Waals surface area contributed by atoms with Crippen molar-refractivity contribution >= 4 is 0 Å². The average Bonchev–Trinajstić information content (AvgIpc) is 2.99. The van der Waals surface area contributed by atoms with Gasteiger partial charge in [-0.1, -0.05) is 6.07 Å². The molecule has 0 aromatic carbocycles. The first-order chi connectivity index (χ1) is 8.29. The largest absolute Gasteiger partial charge is 0.310 e. The van der Waals surface area contributed by atoms with E-state index >= 15 is 0 Å². The van der Waals surface area contributed by atoms with E-state index in [-0.39, 0.29) is 0 Å². The summed E-state index contributed by atoms with van der Waals surface area (Å²) in [6.07, 6.45) is 4.06. The number of hydrogen-bond donors (Lipinski definition) is 1. The lowest BCUT2D eigenvalue weighted by molar-refractivity contribution is 0.316. The summed E-state index contributed by atoms with van der Waals surface area (Å²) in [5.74, 6) is 0. The van der Waals surface area contributed by atoms with Gasteiger partial charge in [-0.15, -0.1) is 0 Å². The fourth-order valence-corrected chi connectivity index (χ4v) is 2.61. The molecule has 92 valence electrons. The van der Waals surface area contributed by atoms with Crippen molar-refractivity contribution in [2.24, 2.45) is 0 Å². The Labute approximate surface area is 103 Å². The van der Waals surface area contributed by atoms with Crippen LogP contribution in [0.25, 0.3) is 0 Å². The molecule has 2 fully saturated rings. The second kappa shape index (κ2) is 4.75. The zero-order valence-electron chi connectivity index (χ0n) is 10.5. The fourth-order valence-electron chi connectivity index (χ4n) is 2.61. The summed E-state index contributed by atoms with van der Waals surface area (Å²) in [5.41, 5.74) is 2.33. The lowest BCUT2D eigenvalue weighted by Crippen LogP contribution is -2.33. The summed E-state index contributed by atoms with van der Waals surface area (Å²) in [6, 6.07) is 7.84. The monoisotopic (exact) mass is 231 g/mol. The third-order valence-electron chi connectivity index (χ3n) is 3.65. The molecule has 0 spiro atoms. The summed E-state index contributed by atoms with van der Waals surface area (Å²) < 4.78 is 0. The Morgan fingerprint density at radius 3 is 2.94 bits per heavy atom. The minimum Gasteiger partial charge on any atom is -0.310 e. The highest BCUT2D eigenvalue weighted by molar-refractivity contribution is 5.10. The second-order valence-corrected chi connectivity index (χ2v) is 5.43. The molecule has 2 heterocycles. The molecule has 1 N–H and O–H groups in total. The Balaban J connectivity index is 1.52. The van der Waals surface area contributed by atoms with Gasteiger partial charge in [0.2, 0.25) is 0 Å². The Morgan fingerprint density at radius 1 is 1.29 bits per heavy atom. The van der Waals surface area contributed by atoms with Gasteiger partial charge in [-0.3, -0.25) is 9.88 Å². The van der Waals surface area contributed by atoms with Crippen molar-refractivity contribution in [1.82, 2.24) is 15.2 Å². The summed E-state index contributed by atoms with van der Waals surface area (Å²) in [6.45, 7) is 5.46. The van der Waals surface area contributed by atoms with E-state index in [0.29, 0.717) is 6.04 Å². The van der Waals surface area contributed by atoms with Gasteiger partial charge in [0.05, 0.1) is 5.69 Å². The molecular weight excluding hydrogens is 210 g/mol. The number of likely N-dealkylation sites (tertiary alicyclic amines) is 1. The zero-order chi connectivity index (χ0) is 11.7. The highest BCUT2D eigenvalue weighted by atomic mass is 15.2. The number of aryl methyl sites for hydroxylation is 1. The van der Waals surface area contributed by atoms with E-state index < -0.39 is 0 Å². The molecule has 1 aliphatic carbocycles. The van der Waals surface area contributed by atoms with Crippen molar-refractivity contribution in [3.8, 4) is 0 Å². The Kier molecular flexibility index (Phi) is 3.12. The van der Waals surface area contributed by atoms with Gasteiger partial charge < -0.3 is 5.32 Å². The van der Waals surface area contributed by atoms with Gasteiger partial charge >= 0.3 is 0 Å². The van der Waals surface area contributed by atoms with Crippen LogP contribution in [0.3, 0.4) is 0 Å². The fraction of sp³-hybridized carbons (Fsp3) is 0.643. The molecule has 17 heavy (non-hydrogen) atoms. The molecule has 2 aliphatic rings. The maximum atomic E-state index is 4.57. The minimum atomic E-state index is 0.715. The number of nitrogens with one attached hydrogen (secondary N) is 1. The Morgan fingerprint density at radius 2 is 2.18 bits per heavy atom. The SMILES string of the molecule is Cc1cccc(CN2CCC(NC3CC3)C2)n1. The van der Waals surface area contributed by atoms with Crippen LogP contribution < -0.4 is 5.32 Å². The molecule has 0 radical (unpaired) electrons. The van der Waals surface area contributed by atoms with Crippen molar-refractivity contribution in [2.45, 2.75) is 44.8 Å². The van der Waals surface area contributed by atoms with Gasteiger partial charge in [0.25, 0.3) is 0 Å². The van der Waals surface area contributed by atoms with Gasteiger partial charge in [-0.2, -0.15) is 0 Å². The van der Waals surface area contributed by atoms with Crippen LogP contribution in [0, 0.1) is 6.92 Å². The molecule has 1 unspecified atom stereocenters. The molecule has 1 aromatic rings. The molecule has 0 bridgehead atoms. The predicted octanol–water partition coefficient (Wildman–Crippen LogP) is 1.72. The van der Waals surface area contributed by atoms with Gasteiger partial charge in [0.1, 0.15) is 0 Å². The van der Waals surface area contributed by atoms with Gasteiger partial charge in [-0.05, 0) is 38.3 Å². The third-order valence-corrected chi connectivity index (χ3v) is 3.65. The summed E-state index contributed by atoms with van der Waals surface area (Å²) in [7, 11) is 0. The van der Waals surface area contributed by atoms with Crippen molar-refractivity contribution in [3.05, 3.63) is 29.6 Å². The summed E-state index contributed by atoms with van der Waals surface area (Å²) in [4.78, 5) is 7.09. The summed E-state index contributed by atoms with van der Waals surface area (Å²) in [5, 5.41) is 3.72. The van der Waals surface area contributed by atoms with Crippen LogP contribution in [0.2, 0.25) is 0 Å². The van der Waals surface area contributed by atoms with Gasteiger partial charge in [0, 0.05) is 37.4 Å². The molecular formula is C14H21N3. The lowest BCUT2D eigenvalue weighted by atomic mass is 10.2. The van der Waals surface area contributed by atoms with E-state index in [1.165, 1.54) is 38.0 Å². The van der Waals surface area contributed by atoms with Gasteiger partial charge in [-0.25, -0.2) is 0 Å². The highest BCUT2D eigenvalue weighted by Crippen LogP contribution is 2.22. The number of aromatic nitrogens is 1.